The molecule has 1 aliphatic heterocycles. The first-order valence-electron chi connectivity index (χ1n) is 6.04. The Hall–Kier alpha value is -1.15. The van der Waals surface area contributed by atoms with E-state index in [1.54, 1.807) is 0 Å². The van der Waals surface area contributed by atoms with Crippen LogP contribution in [0, 0.1) is 0 Å². The molecule has 1 fully saturated rings. The summed E-state index contributed by atoms with van der Waals surface area (Å²) in [6, 6.07) is 8.20. The third-order valence-electron chi connectivity index (χ3n) is 3.22. The number of likely N-dealkylation sites (tertiary alicyclic amines) is 1. The van der Waals surface area contributed by atoms with Gasteiger partial charge in [-0.05, 0) is 37.1 Å². The molecule has 0 amide bonds. The average molecular weight is 216 g/mol. The number of piperidine rings is 1. The molecule has 1 aliphatic rings. The van der Waals surface area contributed by atoms with E-state index in [0.29, 0.717) is 6.42 Å². The van der Waals surface area contributed by atoms with Crippen molar-refractivity contribution in [3.8, 4) is 0 Å². The van der Waals surface area contributed by atoms with Crippen molar-refractivity contribution < 1.29 is 4.79 Å². The average Bonchev–Trinajstić information content (AvgIpc) is 2.33. The number of rotatable bonds is 4. The van der Waals surface area contributed by atoms with Gasteiger partial charge in [0, 0.05) is 13.0 Å². The van der Waals surface area contributed by atoms with E-state index >= 15 is 0 Å². The lowest BCUT2D eigenvalue weighted by Crippen LogP contribution is -2.29. The maximum absolute atomic E-state index is 10.5. The zero-order valence-electron chi connectivity index (χ0n) is 9.61. The highest BCUT2D eigenvalue weighted by atomic mass is 16.1. The molecule has 16 heavy (non-hydrogen) atoms. The summed E-state index contributed by atoms with van der Waals surface area (Å²) in [5, 5.41) is 0. The number of benzene rings is 1. The Morgan fingerprint density at radius 2 is 1.75 bits per heavy atom. The van der Waals surface area contributed by atoms with Crippen molar-refractivity contribution in [2.24, 2.45) is 0 Å². The zero-order chi connectivity index (χ0) is 11.2. The summed E-state index contributed by atoms with van der Waals surface area (Å²) < 4.78 is 0. The number of hydrogen-bond acceptors (Lipinski definition) is 2. The second kappa shape index (κ2) is 5.80. The molecule has 0 spiro atoms. The van der Waals surface area contributed by atoms with E-state index in [2.05, 4.69) is 11.0 Å². The van der Waals surface area contributed by atoms with E-state index in [-0.39, 0.29) is 0 Å². The van der Waals surface area contributed by atoms with Gasteiger partial charge < -0.3 is 0 Å². The Morgan fingerprint density at radius 1 is 1.06 bits per heavy atom. The smallest absolute Gasteiger partial charge is 0.203 e. The van der Waals surface area contributed by atoms with Crippen LogP contribution in [0.25, 0.3) is 0 Å². The third-order valence-corrected chi connectivity index (χ3v) is 3.22. The Morgan fingerprint density at radius 3 is 2.44 bits per heavy atom. The van der Waals surface area contributed by atoms with Crippen LogP contribution in [0.2, 0.25) is 0 Å². The molecular weight excluding hydrogens is 198 g/mol. The van der Waals surface area contributed by atoms with E-state index in [0.717, 1.165) is 12.1 Å². The van der Waals surface area contributed by atoms with Gasteiger partial charge in [-0.3, -0.25) is 9.69 Å². The van der Waals surface area contributed by atoms with Crippen molar-refractivity contribution in [3.05, 3.63) is 35.4 Å². The molecule has 0 aliphatic carbocycles. The van der Waals surface area contributed by atoms with Gasteiger partial charge in [-0.15, -0.1) is 0 Å². The second-order valence-corrected chi connectivity index (χ2v) is 4.43. The van der Waals surface area contributed by atoms with Gasteiger partial charge in [-0.25, -0.2) is 0 Å². The fourth-order valence-corrected chi connectivity index (χ4v) is 2.32. The predicted octanol–water partition coefficient (Wildman–Crippen LogP) is 2.32. The van der Waals surface area contributed by atoms with Crippen LogP contribution in [0.5, 0.6) is 0 Å². The van der Waals surface area contributed by atoms with Crippen LogP contribution in [-0.2, 0) is 17.8 Å². The molecule has 0 N–H and O–H groups in total. The van der Waals surface area contributed by atoms with Crippen LogP contribution < -0.4 is 0 Å². The Kier molecular flexibility index (Phi) is 4.11. The van der Waals surface area contributed by atoms with Gasteiger partial charge in [0.25, 0.3) is 0 Å². The molecular formula is C14H18NO. The van der Waals surface area contributed by atoms with E-state index in [1.807, 2.05) is 24.5 Å². The molecule has 1 aromatic rings. The largest absolute Gasteiger partial charge is 0.299 e. The van der Waals surface area contributed by atoms with Crippen molar-refractivity contribution in [2.45, 2.75) is 32.2 Å². The summed E-state index contributed by atoms with van der Waals surface area (Å²) >= 11 is 0. The zero-order valence-corrected chi connectivity index (χ0v) is 9.61. The molecule has 1 saturated heterocycles. The lowest BCUT2D eigenvalue weighted by atomic mass is 10.0. The quantitative estimate of drug-likeness (QED) is 0.770. The van der Waals surface area contributed by atoms with Crippen molar-refractivity contribution >= 4 is 6.29 Å². The molecule has 2 rings (SSSR count). The summed E-state index contributed by atoms with van der Waals surface area (Å²) in [7, 11) is 0. The summed E-state index contributed by atoms with van der Waals surface area (Å²) in [4.78, 5) is 13.0. The monoisotopic (exact) mass is 216 g/mol. The van der Waals surface area contributed by atoms with Crippen LogP contribution in [0.4, 0.5) is 0 Å². The van der Waals surface area contributed by atoms with Gasteiger partial charge in [-0.2, -0.15) is 0 Å². The number of carbonyl (C=O) groups excluding carboxylic acids is 1. The minimum atomic E-state index is 0.421. The third kappa shape index (κ3) is 2.92. The lowest BCUT2D eigenvalue weighted by Gasteiger charge is -2.27. The normalized spacial score (nSPS) is 17.2. The van der Waals surface area contributed by atoms with Crippen molar-refractivity contribution in [1.29, 1.82) is 0 Å². The van der Waals surface area contributed by atoms with Gasteiger partial charge in [-0.1, -0.05) is 30.7 Å². The molecule has 0 unspecified atom stereocenters. The number of hydrogen-bond donors (Lipinski definition) is 0. The van der Waals surface area contributed by atoms with E-state index < -0.39 is 0 Å². The first-order valence-corrected chi connectivity index (χ1v) is 6.04. The summed E-state index contributed by atoms with van der Waals surface area (Å²) in [5.74, 6) is 0. The van der Waals surface area contributed by atoms with Gasteiger partial charge in [0.05, 0.1) is 0 Å². The molecule has 2 heteroatoms. The maximum atomic E-state index is 10.5. The van der Waals surface area contributed by atoms with Crippen LogP contribution >= 0.6 is 0 Å². The Balaban J connectivity index is 2.04. The maximum Gasteiger partial charge on any atom is 0.203 e. The lowest BCUT2D eigenvalue weighted by molar-refractivity contribution is 0.220. The first kappa shape index (κ1) is 11.3. The van der Waals surface area contributed by atoms with Crippen molar-refractivity contribution in [1.82, 2.24) is 4.90 Å². The van der Waals surface area contributed by atoms with Crippen LogP contribution in [-0.4, -0.2) is 24.3 Å². The summed E-state index contributed by atoms with van der Waals surface area (Å²) in [6.07, 6.45) is 6.39. The van der Waals surface area contributed by atoms with Gasteiger partial charge in [0.1, 0.15) is 0 Å². The highest BCUT2D eigenvalue weighted by Crippen LogP contribution is 2.16. The Bertz CT molecular complexity index is 342. The van der Waals surface area contributed by atoms with Gasteiger partial charge in [0.2, 0.25) is 6.29 Å². The topological polar surface area (TPSA) is 20.3 Å². The molecule has 0 bridgehead atoms. The predicted molar refractivity (Wildman–Crippen MR) is 65.0 cm³/mol. The number of nitrogens with zero attached hydrogens (tertiary/aromatic N) is 1. The molecule has 0 aromatic heterocycles. The highest BCUT2D eigenvalue weighted by molar-refractivity contribution is 5.56. The fourth-order valence-electron chi connectivity index (χ4n) is 2.32. The molecule has 2 nitrogen and oxygen atoms in total. The molecule has 85 valence electrons. The molecule has 1 radical (unpaired) electrons. The molecule has 0 saturated carbocycles. The van der Waals surface area contributed by atoms with Crippen molar-refractivity contribution in [3.63, 3.8) is 0 Å². The fraction of sp³-hybridized carbons (Fsp3) is 0.500. The van der Waals surface area contributed by atoms with E-state index in [1.165, 1.54) is 37.9 Å². The SMILES string of the molecule is O=[C]Cc1ccccc1CN1CCCCC1. The highest BCUT2D eigenvalue weighted by Gasteiger charge is 2.11. The van der Waals surface area contributed by atoms with Crippen LogP contribution in [0.1, 0.15) is 30.4 Å². The van der Waals surface area contributed by atoms with Gasteiger partial charge >= 0.3 is 0 Å². The molecule has 0 atom stereocenters. The second-order valence-electron chi connectivity index (χ2n) is 4.43. The molecule has 1 aromatic carbocycles. The van der Waals surface area contributed by atoms with Crippen LogP contribution in [0.3, 0.4) is 0 Å². The summed E-state index contributed by atoms with van der Waals surface area (Å²) in [5.41, 5.74) is 2.41. The van der Waals surface area contributed by atoms with Crippen molar-refractivity contribution in [2.75, 3.05) is 13.1 Å². The van der Waals surface area contributed by atoms with Crippen LogP contribution in [0.15, 0.2) is 24.3 Å². The minimum absolute atomic E-state index is 0.421. The van der Waals surface area contributed by atoms with E-state index in [9.17, 15) is 4.79 Å². The summed E-state index contributed by atoms with van der Waals surface area (Å²) in [6.45, 7) is 3.37. The minimum Gasteiger partial charge on any atom is -0.299 e. The standard InChI is InChI=1S/C14H18NO/c16-11-8-13-6-2-3-7-14(13)12-15-9-4-1-5-10-15/h2-3,6-7H,1,4-5,8-10,12H2. The Labute approximate surface area is 97.3 Å². The molecule has 1 heterocycles. The van der Waals surface area contributed by atoms with Gasteiger partial charge in [0.15, 0.2) is 0 Å². The van der Waals surface area contributed by atoms with E-state index in [4.69, 9.17) is 0 Å². The first-order chi connectivity index (χ1) is 7.90.